The third kappa shape index (κ3) is 3.32. The molecule has 18 heavy (non-hydrogen) atoms. The second-order valence-corrected chi connectivity index (χ2v) is 5.09. The fourth-order valence-electron chi connectivity index (χ4n) is 2.15. The molecule has 2 rings (SSSR count). The lowest BCUT2D eigenvalue weighted by atomic mass is 10.1. The number of carbonyl (C=O) groups is 1. The molecule has 5 nitrogen and oxygen atoms in total. The van der Waals surface area contributed by atoms with Crippen LogP contribution in [0.25, 0.3) is 0 Å². The number of rotatable bonds is 5. The fraction of sp³-hybridized carbons (Fsp3) is 0.692. The van der Waals surface area contributed by atoms with Gasteiger partial charge >= 0.3 is 0 Å². The number of fused-ring (bicyclic) bond motifs is 1. The third-order valence-corrected chi connectivity index (χ3v) is 3.02. The number of carbonyl (C=O) groups excluding carboxylic acids is 1. The summed E-state index contributed by atoms with van der Waals surface area (Å²) in [7, 11) is 0. The zero-order valence-corrected chi connectivity index (χ0v) is 11.1. The molecule has 100 valence electrons. The molecule has 1 aromatic heterocycles. The summed E-state index contributed by atoms with van der Waals surface area (Å²) >= 11 is 0. The minimum absolute atomic E-state index is 0.120. The number of hydrogen-bond acceptors (Lipinski definition) is 3. The second-order valence-electron chi connectivity index (χ2n) is 5.09. The lowest BCUT2D eigenvalue weighted by Gasteiger charge is -2.15. The average Bonchev–Trinajstić information content (AvgIpc) is 2.72. The van der Waals surface area contributed by atoms with E-state index in [1.165, 1.54) is 11.3 Å². The summed E-state index contributed by atoms with van der Waals surface area (Å²) in [6, 6.07) is 0. The van der Waals surface area contributed by atoms with Gasteiger partial charge in [-0.15, -0.1) is 0 Å². The van der Waals surface area contributed by atoms with Crippen molar-refractivity contribution in [2.75, 3.05) is 13.2 Å². The van der Waals surface area contributed by atoms with E-state index in [1.807, 2.05) is 24.7 Å². The maximum atomic E-state index is 11.5. The Morgan fingerprint density at radius 2 is 2.44 bits per heavy atom. The summed E-state index contributed by atoms with van der Waals surface area (Å²) in [6.45, 7) is 6.89. The van der Waals surface area contributed by atoms with E-state index < -0.39 is 0 Å². The Labute approximate surface area is 108 Å². The van der Waals surface area contributed by atoms with Crippen molar-refractivity contribution in [2.24, 2.45) is 5.92 Å². The van der Waals surface area contributed by atoms with Gasteiger partial charge in [-0.1, -0.05) is 13.8 Å². The molecule has 0 aromatic carbocycles. The van der Waals surface area contributed by atoms with Gasteiger partial charge in [-0.25, -0.2) is 0 Å². The monoisotopic (exact) mass is 251 g/mol. The van der Waals surface area contributed by atoms with E-state index >= 15 is 0 Å². The highest BCUT2D eigenvalue weighted by Crippen LogP contribution is 2.15. The molecule has 0 radical (unpaired) electrons. The quantitative estimate of drug-likeness (QED) is 0.853. The molecule has 0 bridgehead atoms. The molecule has 2 heterocycles. The predicted molar refractivity (Wildman–Crippen MR) is 68.1 cm³/mol. The van der Waals surface area contributed by atoms with Crippen LogP contribution in [0.4, 0.5) is 0 Å². The van der Waals surface area contributed by atoms with Gasteiger partial charge in [-0.05, 0) is 5.92 Å². The van der Waals surface area contributed by atoms with E-state index in [9.17, 15) is 4.79 Å². The minimum atomic E-state index is 0.120. The standard InChI is InChI=1S/C13H21N3O2/c1-10(2)7-13(17)14-4-5-16-12-3-6-18-9-11(12)8-15-16/h8,10H,3-7,9H2,1-2H3,(H,14,17). The fourth-order valence-corrected chi connectivity index (χ4v) is 2.15. The molecule has 1 aliphatic rings. The molecule has 5 heteroatoms. The van der Waals surface area contributed by atoms with Gasteiger partial charge in [0.25, 0.3) is 0 Å². The molecule has 1 N–H and O–H groups in total. The summed E-state index contributed by atoms with van der Waals surface area (Å²) in [5, 5.41) is 7.27. The largest absolute Gasteiger partial charge is 0.376 e. The summed E-state index contributed by atoms with van der Waals surface area (Å²) in [6.07, 6.45) is 3.37. The number of ether oxygens (including phenoxy) is 1. The van der Waals surface area contributed by atoms with Crippen LogP contribution in [0.15, 0.2) is 6.20 Å². The van der Waals surface area contributed by atoms with Crippen molar-refractivity contribution in [3.8, 4) is 0 Å². The molecule has 0 spiro atoms. The smallest absolute Gasteiger partial charge is 0.220 e. The van der Waals surface area contributed by atoms with Crippen LogP contribution in [0.1, 0.15) is 31.5 Å². The molecular formula is C13H21N3O2. The Kier molecular flexibility index (Phi) is 4.36. The highest BCUT2D eigenvalue weighted by Gasteiger charge is 2.15. The van der Waals surface area contributed by atoms with Crippen LogP contribution in [0, 0.1) is 5.92 Å². The first-order valence-electron chi connectivity index (χ1n) is 6.55. The number of hydrogen-bond donors (Lipinski definition) is 1. The molecule has 0 aliphatic carbocycles. The average molecular weight is 251 g/mol. The summed E-state index contributed by atoms with van der Waals surface area (Å²) in [4.78, 5) is 11.5. The molecule has 0 saturated carbocycles. The van der Waals surface area contributed by atoms with Gasteiger partial charge in [-0.3, -0.25) is 9.48 Å². The van der Waals surface area contributed by atoms with Crippen LogP contribution in [-0.2, 0) is 29.1 Å². The van der Waals surface area contributed by atoms with E-state index in [2.05, 4.69) is 10.4 Å². The highest BCUT2D eigenvalue weighted by molar-refractivity contribution is 5.75. The van der Waals surface area contributed by atoms with Crippen LogP contribution < -0.4 is 5.32 Å². The van der Waals surface area contributed by atoms with Crippen molar-refractivity contribution < 1.29 is 9.53 Å². The molecule has 0 atom stereocenters. The van der Waals surface area contributed by atoms with Gasteiger partial charge in [0.15, 0.2) is 0 Å². The summed E-state index contributed by atoms with van der Waals surface area (Å²) < 4.78 is 7.35. The zero-order chi connectivity index (χ0) is 13.0. The van der Waals surface area contributed by atoms with Crippen LogP contribution in [0.3, 0.4) is 0 Å². The van der Waals surface area contributed by atoms with Gasteiger partial charge < -0.3 is 10.1 Å². The van der Waals surface area contributed by atoms with Crippen molar-refractivity contribution in [1.29, 1.82) is 0 Å². The molecular weight excluding hydrogens is 230 g/mol. The first-order chi connectivity index (χ1) is 8.66. The van der Waals surface area contributed by atoms with Gasteiger partial charge in [-0.2, -0.15) is 5.10 Å². The van der Waals surface area contributed by atoms with Crippen molar-refractivity contribution in [3.05, 3.63) is 17.5 Å². The minimum Gasteiger partial charge on any atom is -0.376 e. The van der Waals surface area contributed by atoms with E-state index in [4.69, 9.17) is 4.74 Å². The van der Waals surface area contributed by atoms with E-state index in [1.54, 1.807) is 0 Å². The maximum Gasteiger partial charge on any atom is 0.220 e. The Balaban J connectivity index is 1.80. The second kappa shape index (κ2) is 6.00. The maximum absolute atomic E-state index is 11.5. The summed E-state index contributed by atoms with van der Waals surface area (Å²) in [5.41, 5.74) is 2.43. The Morgan fingerprint density at radius 1 is 1.61 bits per heavy atom. The van der Waals surface area contributed by atoms with Crippen molar-refractivity contribution in [2.45, 2.75) is 39.8 Å². The van der Waals surface area contributed by atoms with Crippen molar-refractivity contribution >= 4 is 5.91 Å². The Bertz CT molecular complexity index is 412. The van der Waals surface area contributed by atoms with Gasteiger partial charge in [0.2, 0.25) is 5.91 Å². The topological polar surface area (TPSA) is 56.2 Å². The molecule has 1 aliphatic heterocycles. The molecule has 0 fully saturated rings. The lowest BCUT2D eigenvalue weighted by Crippen LogP contribution is -2.29. The van der Waals surface area contributed by atoms with Crippen LogP contribution in [0.2, 0.25) is 0 Å². The molecule has 1 amide bonds. The van der Waals surface area contributed by atoms with Gasteiger partial charge in [0.05, 0.1) is 26.0 Å². The molecule has 1 aromatic rings. The number of nitrogens with zero attached hydrogens (tertiary/aromatic N) is 2. The predicted octanol–water partition coefficient (Wildman–Crippen LogP) is 1.12. The van der Waals surface area contributed by atoms with Gasteiger partial charge in [0.1, 0.15) is 0 Å². The number of nitrogens with one attached hydrogen (secondary N) is 1. The SMILES string of the molecule is CC(C)CC(=O)NCCn1ncc2c1CCOC2. The van der Waals surface area contributed by atoms with Gasteiger partial charge in [0, 0.05) is 30.6 Å². The van der Waals surface area contributed by atoms with E-state index in [0.717, 1.165) is 19.6 Å². The van der Waals surface area contributed by atoms with Crippen LogP contribution in [0.5, 0.6) is 0 Å². The normalized spacial score (nSPS) is 14.6. The first kappa shape index (κ1) is 13.1. The van der Waals surface area contributed by atoms with Crippen LogP contribution in [-0.4, -0.2) is 28.8 Å². The molecule has 0 saturated heterocycles. The number of aromatic nitrogens is 2. The number of amides is 1. The van der Waals surface area contributed by atoms with E-state index in [-0.39, 0.29) is 5.91 Å². The third-order valence-electron chi connectivity index (χ3n) is 3.02. The van der Waals surface area contributed by atoms with E-state index in [0.29, 0.717) is 25.5 Å². The Morgan fingerprint density at radius 3 is 3.22 bits per heavy atom. The Hall–Kier alpha value is -1.36. The van der Waals surface area contributed by atoms with Crippen molar-refractivity contribution in [3.63, 3.8) is 0 Å². The highest BCUT2D eigenvalue weighted by atomic mass is 16.5. The summed E-state index contributed by atoms with van der Waals surface area (Å²) in [5.74, 6) is 0.522. The van der Waals surface area contributed by atoms with Crippen molar-refractivity contribution in [1.82, 2.24) is 15.1 Å². The zero-order valence-electron chi connectivity index (χ0n) is 11.1. The molecule has 0 unspecified atom stereocenters. The lowest BCUT2D eigenvalue weighted by molar-refractivity contribution is -0.121. The van der Waals surface area contributed by atoms with Crippen LogP contribution >= 0.6 is 0 Å². The first-order valence-corrected chi connectivity index (χ1v) is 6.55.